The van der Waals surface area contributed by atoms with E-state index < -0.39 is 23.8 Å². The first-order valence-corrected chi connectivity index (χ1v) is 5.25. The van der Waals surface area contributed by atoms with Crippen LogP contribution < -0.4 is 0 Å². The zero-order valence-electron chi connectivity index (χ0n) is 8.40. The maximum absolute atomic E-state index is 11.0. The third-order valence-corrected chi connectivity index (χ3v) is 3.51. The van der Waals surface area contributed by atoms with Gasteiger partial charge in [-0.25, -0.2) is 0 Å². The molecule has 0 fully saturated rings. The quantitative estimate of drug-likeness (QED) is 0.680. The summed E-state index contributed by atoms with van der Waals surface area (Å²) >= 11 is 0. The Labute approximate surface area is 87.6 Å². The normalized spacial score (nSPS) is 30.1. The van der Waals surface area contributed by atoms with Crippen LogP contribution in [-0.2, 0) is 9.59 Å². The van der Waals surface area contributed by atoms with E-state index in [2.05, 4.69) is 0 Å². The van der Waals surface area contributed by atoms with Crippen LogP contribution in [0.3, 0.4) is 0 Å². The lowest BCUT2D eigenvalue weighted by Gasteiger charge is -2.27. The van der Waals surface area contributed by atoms with Crippen LogP contribution in [0, 0.1) is 11.8 Å². The van der Waals surface area contributed by atoms with E-state index >= 15 is 0 Å². The Bertz CT molecular complexity index is 310. The minimum Gasteiger partial charge on any atom is -0.481 e. The number of carboxylic acid groups (broad SMARTS) is 2. The van der Waals surface area contributed by atoms with Crippen molar-refractivity contribution < 1.29 is 19.8 Å². The highest BCUT2D eigenvalue weighted by atomic mass is 16.4. The van der Waals surface area contributed by atoms with Gasteiger partial charge in [0.1, 0.15) is 0 Å². The van der Waals surface area contributed by atoms with Gasteiger partial charge < -0.3 is 10.2 Å². The van der Waals surface area contributed by atoms with Crippen molar-refractivity contribution in [3.05, 3.63) is 11.1 Å². The number of hydrogen-bond donors (Lipinski definition) is 2. The number of aliphatic carboxylic acids is 2. The van der Waals surface area contributed by atoms with Gasteiger partial charge in [-0.15, -0.1) is 0 Å². The standard InChI is InChI=1S/C11H14O4/c12-10(13)8-4-6-2-1-3-7(6)5-9(8)11(14)15/h8-9H,1-5H2,(H,12,13)(H,14,15). The molecule has 0 radical (unpaired) electrons. The van der Waals surface area contributed by atoms with E-state index in [1.807, 2.05) is 0 Å². The lowest BCUT2D eigenvalue weighted by atomic mass is 9.76. The van der Waals surface area contributed by atoms with Gasteiger partial charge in [-0.2, -0.15) is 0 Å². The van der Waals surface area contributed by atoms with E-state index in [9.17, 15) is 9.59 Å². The average Bonchev–Trinajstić information content (AvgIpc) is 2.61. The molecule has 4 heteroatoms. The summed E-state index contributed by atoms with van der Waals surface area (Å²) in [6.45, 7) is 0. The van der Waals surface area contributed by atoms with Gasteiger partial charge in [0, 0.05) is 0 Å². The second-order valence-electron chi connectivity index (χ2n) is 4.36. The van der Waals surface area contributed by atoms with Crippen LogP contribution in [0.5, 0.6) is 0 Å². The van der Waals surface area contributed by atoms with Crippen LogP contribution >= 0.6 is 0 Å². The number of rotatable bonds is 2. The van der Waals surface area contributed by atoms with Gasteiger partial charge in [0.15, 0.2) is 0 Å². The molecular weight excluding hydrogens is 196 g/mol. The van der Waals surface area contributed by atoms with Crippen LogP contribution in [0.1, 0.15) is 32.1 Å². The van der Waals surface area contributed by atoms with Crippen molar-refractivity contribution >= 4 is 11.9 Å². The zero-order chi connectivity index (χ0) is 11.0. The van der Waals surface area contributed by atoms with Crippen LogP contribution in [-0.4, -0.2) is 22.2 Å². The summed E-state index contributed by atoms with van der Waals surface area (Å²) in [6.07, 6.45) is 3.88. The Morgan fingerprint density at radius 3 is 1.67 bits per heavy atom. The molecule has 2 rings (SSSR count). The van der Waals surface area contributed by atoms with E-state index in [1.54, 1.807) is 0 Å². The van der Waals surface area contributed by atoms with Crippen molar-refractivity contribution in [2.75, 3.05) is 0 Å². The SMILES string of the molecule is O=C(O)C1CC2=C(CCC2)CC1C(=O)O. The molecule has 0 saturated carbocycles. The molecule has 0 aromatic heterocycles. The fraction of sp³-hybridized carbons (Fsp3) is 0.636. The predicted molar refractivity (Wildman–Crippen MR) is 52.4 cm³/mol. The molecule has 0 aromatic rings. The minimum atomic E-state index is -0.971. The molecule has 15 heavy (non-hydrogen) atoms. The summed E-state index contributed by atoms with van der Waals surface area (Å²) < 4.78 is 0. The van der Waals surface area contributed by atoms with Gasteiger partial charge in [0.2, 0.25) is 0 Å². The number of allylic oxidation sites excluding steroid dienone is 2. The van der Waals surface area contributed by atoms with Crippen molar-refractivity contribution in [3.63, 3.8) is 0 Å². The van der Waals surface area contributed by atoms with Crippen molar-refractivity contribution in [3.8, 4) is 0 Å². The fourth-order valence-corrected chi connectivity index (χ4v) is 2.70. The summed E-state index contributed by atoms with van der Waals surface area (Å²) in [5.74, 6) is -3.39. The lowest BCUT2D eigenvalue weighted by Crippen LogP contribution is -2.33. The minimum absolute atomic E-state index is 0.446. The van der Waals surface area contributed by atoms with E-state index in [1.165, 1.54) is 11.1 Å². The third-order valence-electron chi connectivity index (χ3n) is 3.51. The van der Waals surface area contributed by atoms with Gasteiger partial charge in [-0.1, -0.05) is 11.1 Å². The largest absolute Gasteiger partial charge is 0.481 e. The maximum Gasteiger partial charge on any atom is 0.307 e. The molecule has 82 valence electrons. The smallest absolute Gasteiger partial charge is 0.307 e. The molecule has 2 unspecified atom stereocenters. The Hall–Kier alpha value is -1.32. The summed E-state index contributed by atoms with van der Waals surface area (Å²) in [5, 5.41) is 18.0. The molecule has 2 aliphatic rings. The maximum atomic E-state index is 11.0. The van der Waals surface area contributed by atoms with E-state index in [-0.39, 0.29) is 0 Å². The van der Waals surface area contributed by atoms with Crippen molar-refractivity contribution in [1.29, 1.82) is 0 Å². The molecule has 0 spiro atoms. The summed E-state index contributed by atoms with van der Waals surface area (Å²) in [5.41, 5.74) is 2.42. The highest BCUT2D eigenvalue weighted by Gasteiger charge is 2.39. The monoisotopic (exact) mass is 210 g/mol. The van der Waals surface area contributed by atoms with E-state index in [4.69, 9.17) is 10.2 Å². The van der Waals surface area contributed by atoms with Gasteiger partial charge in [0.25, 0.3) is 0 Å². The topological polar surface area (TPSA) is 74.6 Å². The summed E-state index contributed by atoms with van der Waals surface area (Å²) in [6, 6.07) is 0. The molecule has 4 nitrogen and oxygen atoms in total. The molecule has 2 N–H and O–H groups in total. The molecule has 0 aliphatic heterocycles. The van der Waals surface area contributed by atoms with Gasteiger partial charge in [-0.05, 0) is 32.1 Å². The number of carboxylic acids is 2. The average molecular weight is 210 g/mol. The molecule has 0 aromatic carbocycles. The van der Waals surface area contributed by atoms with Crippen LogP contribution in [0.2, 0.25) is 0 Å². The van der Waals surface area contributed by atoms with Gasteiger partial charge >= 0.3 is 11.9 Å². The predicted octanol–water partition coefficient (Wildman–Crippen LogP) is 1.66. The Morgan fingerprint density at radius 1 is 0.933 bits per heavy atom. The summed E-state index contributed by atoms with van der Waals surface area (Å²) in [7, 11) is 0. The molecule has 0 bridgehead atoms. The number of hydrogen-bond acceptors (Lipinski definition) is 2. The molecule has 0 amide bonds. The van der Waals surface area contributed by atoms with Crippen molar-refractivity contribution in [2.45, 2.75) is 32.1 Å². The van der Waals surface area contributed by atoms with Gasteiger partial charge in [0.05, 0.1) is 11.8 Å². The van der Waals surface area contributed by atoms with Crippen LogP contribution in [0.4, 0.5) is 0 Å². The Balaban J connectivity index is 2.24. The van der Waals surface area contributed by atoms with E-state index in [0.717, 1.165) is 19.3 Å². The van der Waals surface area contributed by atoms with Crippen LogP contribution in [0.25, 0.3) is 0 Å². The first-order valence-electron chi connectivity index (χ1n) is 5.25. The highest BCUT2D eigenvalue weighted by molar-refractivity contribution is 5.81. The second-order valence-corrected chi connectivity index (χ2v) is 4.36. The number of carbonyl (C=O) groups is 2. The van der Waals surface area contributed by atoms with Crippen molar-refractivity contribution in [1.82, 2.24) is 0 Å². The highest BCUT2D eigenvalue weighted by Crippen LogP contribution is 2.42. The zero-order valence-corrected chi connectivity index (χ0v) is 8.40. The Morgan fingerprint density at radius 2 is 1.33 bits per heavy atom. The molecular formula is C11H14O4. The molecule has 2 atom stereocenters. The Kier molecular flexibility index (Phi) is 2.50. The second kappa shape index (κ2) is 3.68. The van der Waals surface area contributed by atoms with Crippen LogP contribution in [0.15, 0.2) is 11.1 Å². The molecule has 0 heterocycles. The summed E-state index contributed by atoms with van der Waals surface area (Å²) in [4.78, 5) is 21.9. The molecule has 0 saturated heterocycles. The third kappa shape index (κ3) is 1.76. The lowest BCUT2D eigenvalue weighted by molar-refractivity contribution is -0.154. The van der Waals surface area contributed by atoms with Gasteiger partial charge in [-0.3, -0.25) is 9.59 Å². The fourth-order valence-electron chi connectivity index (χ4n) is 2.70. The van der Waals surface area contributed by atoms with Crippen molar-refractivity contribution in [2.24, 2.45) is 11.8 Å². The molecule has 2 aliphatic carbocycles. The van der Waals surface area contributed by atoms with E-state index in [0.29, 0.717) is 12.8 Å². The first-order chi connectivity index (χ1) is 7.09. The first kappa shape index (κ1) is 10.2.